The van der Waals surface area contributed by atoms with Crippen LogP contribution in [0.2, 0.25) is 0 Å². The number of nitrogens with one attached hydrogen (secondary N) is 2. The van der Waals surface area contributed by atoms with E-state index in [1.807, 2.05) is 18.2 Å². The molecular formula is C14H20N2O2. The lowest BCUT2D eigenvalue weighted by atomic mass is 10.2. The van der Waals surface area contributed by atoms with Crippen molar-refractivity contribution in [3.05, 3.63) is 36.1 Å². The summed E-state index contributed by atoms with van der Waals surface area (Å²) in [4.78, 5) is 0. The Balaban J connectivity index is 1.67. The molecule has 0 unspecified atom stereocenters. The fraction of sp³-hybridized carbons (Fsp3) is 0.429. The van der Waals surface area contributed by atoms with Crippen molar-refractivity contribution in [3.63, 3.8) is 0 Å². The zero-order chi connectivity index (χ0) is 12.6. The molecule has 1 aromatic carbocycles. The van der Waals surface area contributed by atoms with E-state index in [9.17, 15) is 0 Å². The molecule has 4 heteroatoms. The van der Waals surface area contributed by atoms with Crippen LogP contribution in [0.15, 0.2) is 34.7 Å². The van der Waals surface area contributed by atoms with Crippen molar-refractivity contribution >= 4 is 11.0 Å². The Morgan fingerprint density at radius 1 is 1.11 bits per heavy atom. The highest BCUT2D eigenvalue weighted by atomic mass is 16.5. The van der Waals surface area contributed by atoms with Gasteiger partial charge in [0.2, 0.25) is 0 Å². The molecule has 0 bridgehead atoms. The molecular weight excluding hydrogens is 228 g/mol. The third-order valence-electron chi connectivity index (χ3n) is 2.74. The smallest absolute Gasteiger partial charge is 0.134 e. The highest BCUT2D eigenvalue weighted by molar-refractivity contribution is 5.77. The van der Waals surface area contributed by atoms with Crippen molar-refractivity contribution in [1.29, 1.82) is 0 Å². The molecule has 0 fully saturated rings. The highest BCUT2D eigenvalue weighted by Crippen LogP contribution is 2.18. The molecule has 0 aliphatic carbocycles. The molecule has 18 heavy (non-hydrogen) atoms. The number of para-hydroxylation sites is 1. The SMILES string of the molecule is COCCNCCNCc1cc2ccccc2o1. The topological polar surface area (TPSA) is 46.4 Å². The van der Waals surface area contributed by atoms with Gasteiger partial charge in [-0.15, -0.1) is 0 Å². The van der Waals surface area contributed by atoms with Gasteiger partial charge in [0, 0.05) is 32.1 Å². The predicted molar refractivity (Wildman–Crippen MR) is 72.7 cm³/mol. The number of rotatable bonds is 8. The molecule has 1 aromatic heterocycles. The average molecular weight is 248 g/mol. The lowest BCUT2D eigenvalue weighted by Crippen LogP contribution is -2.29. The minimum Gasteiger partial charge on any atom is -0.460 e. The Bertz CT molecular complexity index is 435. The van der Waals surface area contributed by atoms with Crippen LogP contribution < -0.4 is 10.6 Å². The van der Waals surface area contributed by atoms with Crippen molar-refractivity contribution in [1.82, 2.24) is 10.6 Å². The first kappa shape index (κ1) is 13.1. The van der Waals surface area contributed by atoms with Crippen LogP contribution in [0, 0.1) is 0 Å². The van der Waals surface area contributed by atoms with Gasteiger partial charge in [-0.25, -0.2) is 0 Å². The van der Waals surface area contributed by atoms with Crippen molar-refractivity contribution in [3.8, 4) is 0 Å². The maximum Gasteiger partial charge on any atom is 0.134 e. The molecule has 98 valence electrons. The second kappa shape index (κ2) is 7.16. The van der Waals surface area contributed by atoms with Gasteiger partial charge >= 0.3 is 0 Å². The van der Waals surface area contributed by atoms with Crippen LogP contribution in [0.1, 0.15) is 5.76 Å². The summed E-state index contributed by atoms with van der Waals surface area (Å²) in [5.41, 5.74) is 0.951. The molecule has 0 atom stereocenters. The van der Waals surface area contributed by atoms with Crippen LogP contribution in [0.25, 0.3) is 11.0 Å². The number of benzene rings is 1. The quantitative estimate of drug-likeness (QED) is 0.699. The third-order valence-corrected chi connectivity index (χ3v) is 2.74. The molecule has 0 saturated heterocycles. The van der Waals surface area contributed by atoms with E-state index >= 15 is 0 Å². The summed E-state index contributed by atoms with van der Waals surface area (Å²) in [6.07, 6.45) is 0. The van der Waals surface area contributed by atoms with Gasteiger partial charge in [0.05, 0.1) is 13.2 Å². The number of hydrogen-bond acceptors (Lipinski definition) is 4. The highest BCUT2D eigenvalue weighted by Gasteiger charge is 2.01. The summed E-state index contributed by atoms with van der Waals surface area (Å²) >= 11 is 0. The van der Waals surface area contributed by atoms with E-state index in [4.69, 9.17) is 9.15 Å². The standard InChI is InChI=1S/C14H20N2O2/c1-17-9-8-15-6-7-16-11-13-10-12-4-2-3-5-14(12)18-13/h2-5,10,15-16H,6-9,11H2,1H3. The molecule has 4 nitrogen and oxygen atoms in total. The fourth-order valence-corrected chi connectivity index (χ4v) is 1.81. The second-order valence-corrected chi connectivity index (χ2v) is 4.17. The second-order valence-electron chi connectivity index (χ2n) is 4.17. The van der Waals surface area contributed by atoms with E-state index in [0.29, 0.717) is 0 Å². The van der Waals surface area contributed by atoms with E-state index in [1.54, 1.807) is 7.11 Å². The van der Waals surface area contributed by atoms with Crippen molar-refractivity contribution in [2.75, 3.05) is 33.4 Å². The molecule has 0 aliphatic heterocycles. The maximum absolute atomic E-state index is 5.71. The lowest BCUT2D eigenvalue weighted by Gasteiger charge is -2.04. The number of methoxy groups -OCH3 is 1. The Hall–Kier alpha value is -1.36. The van der Waals surface area contributed by atoms with E-state index in [2.05, 4.69) is 22.8 Å². The molecule has 0 radical (unpaired) electrons. The first-order valence-corrected chi connectivity index (χ1v) is 6.28. The molecule has 0 aliphatic rings. The molecule has 0 saturated carbocycles. The van der Waals surface area contributed by atoms with E-state index in [-0.39, 0.29) is 0 Å². The zero-order valence-electron chi connectivity index (χ0n) is 10.7. The first-order chi connectivity index (χ1) is 8.90. The third kappa shape index (κ3) is 3.84. The largest absolute Gasteiger partial charge is 0.460 e. The minimum absolute atomic E-state index is 0.754. The van der Waals surface area contributed by atoms with Crippen LogP contribution in [0.3, 0.4) is 0 Å². The Morgan fingerprint density at radius 2 is 1.94 bits per heavy atom. The number of ether oxygens (including phenoxy) is 1. The van der Waals surface area contributed by atoms with Gasteiger partial charge in [-0.1, -0.05) is 18.2 Å². The molecule has 1 heterocycles. The number of furan rings is 1. The van der Waals surface area contributed by atoms with Gasteiger partial charge in [0.15, 0.2) is 0 Å². The maximum atomic E-state index is 5.71. The zero-order valence-corrected chi connectivity index (χ0v) is 10.7. The van der Waals surface area contributed by atoms with Crippen LogP contribution >= 0.6 is 0 Å². The van der Waals surface area contributed by atoms with Crippen molar-refractivity contribution < 1.29 is 9.15 Å². The molecule has 0 amide bonds. The Morgan fingerprint density at radius 3 is 2.78 bits per heavy atom. The normalized spacial score (nSPS) is 11.2. The molecule has 0 spiro atoms. The lowest BCUT2D eigenvalue weighted by molar-refractivity contribution is 0.199. The number of hydrogen-bond donors (Lipinski definition) is 2. The first-order valence-electron chi connectivity index (χ1n) is 6.28. The Labute approximate surface area is 107 Å². The summed E-state index contributed by atoms with van der Waals surface area (Å²) in [7, 11) is 1.71. The molecule has 2 aromatic rings. The summed E-state index contributed by atoms with van der Waals surface area (Å²) in [5.74, 6) is 0.980. The Kier molecular flexibility index (Phi) is 5.20. The summed E-state index contributed by atoms with van der Waals surface area (Å²) in [5, 5.41) is 7.78. The fourth-order valence-electron chi connectivity index (χ4n) is 1.81. The van der Waals surface area contributed by atoms with E-state index in [1.165, 1.54) is 0 Å². The summed E-state index contributed by atoms with van der Waals surface area (Å²) in [6.45, 7) is 4.26. The predicted octanol–water partition coefficient (Wildman–Crippen LogP) is 1.76. The minimum atomic E-state index is 0.754. The summed E-state index contributed by atoms with van der Waals surface area (Å²) in [6, 6.07) is 10.2. The average Bonchev–Trinajstić information content (AvgIpc) is 2.80. The van der Waals surface area contributed by atoms with Gasteiger partial charge in [-0.2, -0.15) is 0 Å². The molecule has 2 rings (SSSR count). The van der Waals surface area contributed by atoms with Crippen molar-refractivity contribution in [2.45, 2.75) is 6.54 Å². The molecule has 2 N–H and O–H groups in total. The van der Waals surface area contributed by atoms with Gasteiger partial charge in [-0.05, 0) is 12.1 Å². The monoisotopic (exact) mass is 248 g/mol. The number of fused-ring (bicyclic) bond motifs is 1. The van der Waals surface area contributed by atoms with Gasteiger partial charge in [0.25, 0.3) is 0 Å². The van der Waals surface area contributed by atoms with Gasteiger partial charge in [-0.3, -0.25) is 0 Å². The van der Waals surface area contributed by atoms with Crippen LogP contribution in [0.4, 0.5) is 0 Å². The van der Waals surface area contributed by atoms with Crippen LogP contribution in [-0.2, 0) is 11.3 Å². The van der Waals surface area contributed by atoms with Gasteiger partial charge < -0.3 is 19.8 Å². The van der Waals surface area contributed by atoms with E-state index < -0.39 is 0 Å². The van der Waals surface area contributed by atoms with Crippen molar-refractivity contribution in [2.24, 2.45) is 0 Å². The summed E-state index contributed by atoms with van der Waals surface area (Å²) < 4.78 is 10.7. The van der Waals surface area contributed by atoms with Crippen LogP contribution in [0.5, 0.6) is 0 Å². The van der Waals surface area contributed by atoms with Gasteiger partial charge in [0.1, 0.15) is 11.3 Å². The van der Waals surface area contributed by atoms with E-state index in [0.717, 1.165) is 49.5 Å². The van der Waals surface area contributed by atoms with Crippen LogP contribution in [-0.4, -0.2) is 33.4 Å².